The second kappa shape index (κ2) is 5.92. The molecule has 0 atom stereocenters. The van der Waals surface area contributed by atoms with Crippen molar-refractivity contribution in [3.05, 3.63) is 12.7 Å². The Morgan fingerprint density at radius 3 is 2.73 bits per heavy atom. The maximum atomic E-state index is 10.4. The first-order valence-corrected chi connectivity index (χ1v) is 3.53. The molecule has 0 aliphatic rings. The number of hydrogen-bond acceptors (Lipinski definition) is 3. The van der Waals surface area contributed by atoms with Crippen LogP contribution in [0.4, 0.5) is 0 Å². The van der Waals surface area contributed by atoms with Crippen LogP contribution in [0.5, 0.6) is 0 Å². The van der Waals surface area contributed by atoms with Crippen molar-refractivity contribution in [2.24, 2.45) is 5.92 Å². The third-order valence-corrected chi connectivity index (χ3v) is 0.902. The van der Waals surface area contributed by atoms with Gasteiger partial charge in [0.2, 0.25) is 0 Å². The summed E-state index contributed by atoms with van der Waals surface area (Å²) in [5.41, 5.74) is 0. The van der Waals surface area contributed by atoms with Gasteiger partial charge < -0.3 is 9.47 Å². The highest BCUT2D eigenvalue weighted by Gasteiger charge is 1.96. The molecule has 0 saturated carbocycles. The fraction of sp³-hybridized carbons (Fsp3) is 0.625. The van der Waals surface area contributed by atoms with Gasteiger partial charge in [-0.3, -0.25) is 0 Å². The highest BCUT2D eigenvalue weighted by Crippen LogP contribution is 1.92. The largest absolute Gasteiger partial charge is 0.435 e. The van der Waals surface area contributed by atoms with Gasteiger partial charge in [0.05, 0.1) is 6.61 Å². The Kier molecular flexibility index (Phi) is 5.47. The number of ether oxygens (including phenoxy) is 2. The Morgan fingerprint density at radius 2 is 2.27 bits per heavy atom. The molecule has 0 rings (SSSR count). The van der Waals surface area contributed by atoms with Gasteiger partial charge in [-0.1, -0.05) is 20.4 Å². The summed E-state index contributed by atoms with van der Waals surface area (Å²) in [5, 5.41) is 0. The molecule has 3 nitrogen and oxygen atoms in total. The summed E-state index contributed by atoms with van der Waals surface area (Å²) >= 11 is 0. The van der Waals surface area contributed by atoms with E-state index in [4.69, 9.17) is 4.74 Å². The van der Waals surface area contributed by atoms with Crippen LogP contribution in [0.2, 0.25) is 0 Å². The zero-order valence-corrected chi connectivity index (χ0v) is 7.00. The van der Waals surface area contributed by atoms with Crippen molar-refractivity contribution in [1.29, 1.82) is 0 Å². The van der Waals surface area contributed by atoms with Crippen molar-refractivity contribution in [1.82, 2.24) is 0 Å². The van der Waals surface area contributed by atoms with E-state index in [0.29, 0.717) is 12.5 Å². The van der Waals surface area contributed by atoms with Gasteiger partial charge in [0.1, 0.15) is 0 Å². The molecule has 0 aromatic heterocycles. The molecule has 0 aliphatic heterocycles. The molecule has 11 heavy (non-hydrogen) atoms. The molecule has 0 saturated heterocycles. The van der Waals surface area contributed by atoms with E-state index in [2.05, 4.69) is 11.3 Å². The zero-order valence-electron chi connectivity index (χ0n) is 7.00. The fourth-order valence-corrected chi connectivity index (χ4v) is 0.442. The molecule has 64 valence electrons. The zero-order chi connectivity index (χ0) is 8.69. The van der Waals surface area contributed by atoms with E-state index in [1.165, 1.54) is 0 Å². The van der Waals surface area contributed by atoms with Gasteiger partial charge in [0, 0.05) is 6.08 Å². The van der Waals surface area contributed by atoms with Crippen LogP contribution in [0.25, 0.3) is 0 Å². The molecule has 0 aromatic carbocycles. The quantitative estimate of drug-likeness (QED) is 0.262. The molecule has 3 heteroatoms. The number of rotatable bonds is 5. The molecule has 0 N–H and O–H groups in total. The van der Waals surface area contributed by atoms with Crippen molar-refractivity contribution < 1.29 is 14.3 Å². The second-order valence-corrected chi connectivity index (χ2v) is 2.55. The minimum Gasteiger partial charge on any atom is -0.435 e. The molecule has 0 aliphatic carbocycles. The third-order valence-electron chi connectivity index (χ3n) is 0.902. The molecule has 0 bridgehead atoms. The smallest absolute Gasteiger partial charge is 0.332 e. The molecule has 0 spiro atoms. The minimum atomic E-state index is -0.450. The predicted molar refractivity (Wildman–Crippen MR) is 41.9 cm³/mol. The lowest BCUT2D eigenvalue weighted by molar-refractivity contribution is -0.150. The normalized spacial score (nSPS) is 9.73. The monoisotopic (exact) mass is 158 g/mol. The van der Waals surface area contributed by atoms with Crippen LogP contribution in [-0.2, 0) is 14.3 Å². The summed E-state index contributed by atoms with van der Waals surface area (Å²) in [5.74, 6) is 0.00573. The lowest BCUT2D eigenvalue weighted by Crippen LogP contribution is -2.08. The first-order chi connectivity index (χ1) is 5.16. The standard InChI is InChI=1S/C8H14O3/c1-4-8(9)11-6-10-5-7(2)3/h4,7H,1,5-6H2,2-3H3. The van der Waals surface area contributed by atoms with Crippen LogP contribution >= 0.6 is 0 Å². The summed E-state index contributed by atoms with van der Waals surface area (Å²) in [6, 6.07) is 0. The summed E-state index contributed by atoms with van der Waals surface area (Å²) in [7, 11) is 0. The van der Waals surface area contributed by atoms with Gasteiger partial charge in [0.25, 0.3) is 0 Å². The number of esters is 1. The SMILES string of the molecule is C=CC(=O)OCOCC(C)C. The van der Waals surface area contributed by atoms with Crippen molar-refractivity contribution in [3.63, 3.8) is 0 Å². The topological polar surface area (TPSA) is 35.5 Å². The second-order valence-electron chi connectivity index (χ2n) is 2.55. The van der Waals surface area contributed by atoms with Gasteiger partial charge in [-0.15, -0.1) is 0 Å². The number of carbonyl (C=O) groups excluding carboxylic acids is 1. The van der Waals surface area contributed by atoms with E-state index in [9.17, 15) is 4.79 Å². The molecule has 0 heterocycles. The lowest BCUT2D eigenvalue weighted by atomic mass is 10.2. The first kappa shape index (κ1) is 10.2. The maximum Gasteiger partial charge on any atom is 0.332 e. The van der Waals surface area contributed by atoms with Gasteiger partial charge in [-0.25, -0.2) is 4.79 Å². The first-order valence-electron chi connectivity index (χ1n) is 3.53. The molecule has 0 radical (unpaired) electrons. The van der Waals surface area contributed by atoms with Gasteiger partial charge in [0.15, 0.2) is 6.79 Å². The van der Waals surface area contributed by atoms with E-state index >= 15 is 0 Å². The van der Waals surface area contributed by atoms with E-state index in [1.807, 2.05) is 13.8 Å². The Balaban J connectivity index is 3.14. The summed E-state index contributed by atoms with van der Waals surface area (Å²) < 4.78 is 9.54. The predicted octanol–water partition coefficient (Wildman–Crippen LogP) is 1.35. The van der Waals surface area contributed by atoms with Crippen LogP contribution in [0, 0.1) is 5.92 Å². The Bertz CT molecular complexity index is 129. The molecule has 0 amide bonds. The highest BCUT2D eigenvalue weighted by atomic mass is 16.7. The molecule has 0 fully saturated rings. The molecule has 0 unspecified atom stereocenters. The van der Waals surface area contributed by atoms with E-state index in [1.54, 1.807) is 0 Å². The van der Waals surface area contributed by atoms with E-state index < -0.39 is 5.97 Å². The fourth-order valence-electron chi connectivity index (χ4n) is 0.442. The van der Waals surface area contributed by atoms with Crippen molar-refractivity contribution >= 4 is 5.97 Å². The summed E-state index contributed by atoms with van der Waals surface area (Å²) in [4.78, 5) is 10.4. The van der Waals surface area contributed by atoms with Crippen molar-refractivity contribution in [2.75, 3.05) is 13.4 Å². The third kappa shape index (κ3) is 7.06. The van der Waals surface area contributed by atoms with E-state index in [-0.39, 0.29) is 6.79 Å². The Hall–Kier alpha value is -0.830. The Labute approximate surface area is 67.0 Å². The summed E-state index contributed by atoms with van der Waals surface area (Å²) in [6.07, 6.45) is 1.11. The van der Waals surface area contributed by atoms with E-state index in [0.717, 1.165) is 6.08 Å². The van der Waals surface area contributed by atoms with Gasteiger partial charge in [-0.2, -0.15) is 0 Å². The van der Waals surface area contributed by atoms with Crippen LogP contribution in [0.3, 0.4) is 0 Å². The molecular weight excluding hydrogens is 144 g/mol. The number of carbonyl (C=O) groups is 1. The minimum absolute atomic E-state index is 0.0169. The van der Waals surface area contributed by atoms with Crippen molar-refractivity contribution in [2.45, 2.75) is 13.8 Å². The maximum absolute atomic E-state index is 10.4. The number of hydrogen-bond donors (Lipinski definition) is 0. The highest BCUT2D eigenvalue weighted by molar-refractivity contribution is 5.81. The Morgan fingerprint density at radius 1 is 1.64 bits per heavy atom. The van der Waals surface area contributed by atoms with Crippen LogP contribution in [0.15, 0.2) is 12.7 Å². The van der Waals surface area contributed by atoms with Crippen LogP contribution in [0.1, 0.15) is 13.8 Å². The average Bonchev–Trinajstić information content (AvgIpc) is 1.97. The summed E-state index contributed by atoms with van der Waals surface area (Å²) in [6.45, 7) is 7.91. The van der Waals surface area contributed by atoms with Crippen molar-refractivity contribution in [3.8, 4) is 0 Å². The van der Waals surface area contributed by atoms with Crippen LogP contribution < -0.4 is 0 Å². The molecule has 0 aromatic rings. The van der Waals surface area contributed by atoms with Crippen LogP contribution in [-0.4, -0.2) is 19.4 Å². The van der Waals surface area contributed by atoms with Gasteiger partial charge >= 0.3 is 5.97 Å². The average molecular weight is 158 g/mol. The lowest BCUT2D eigenvalue weighted by Gasteiger charge is -2.05. The molecular formula is C8H14O3. The van der Waals surface area contributed by atoms with Gasteiger partial charge in [-0.05, 0) is 5.92 Å².